The molecule has 0 spiro atoms. The minimum absolute atomic E-state index is 0. The fraction of sp³-hybridized carbons (Fsp3) is 1.00. The van der Waals surface area contributed by atoms with E-state index in [-0.39, 0.29) is 48.9 Å². The van der Waals surface area contributed by atoms with Crippen LogP contribution in [0.2, 0.25) is 0 Å². The van der Waals surface area contributed by atoms with E-state index in [1.165, 1.54) is 0 Å². The molecule has 0 aromatic heterocycles. The van der Waals surface area contributed by atoms with E-state index in [0.29, 0.717) is 79.3 Å². The second kappa shape index (κ2) is 26.2. The van der Waals surface area contributed by atoms with Gasteiger partial charge in [0.05, 0.1) is 79.3 Å². The quantitative estimate of drug-likeness (QED) is 0.245. The molecule has 0 aliphatic carbocycles. The third-order valence-electron chi connectivity index (χ3n) is 4.64. The fourth-order valence-corrected chi connectivity index (χ4v) is 2.28. The summed E-state index contributed by atoms with van der Waals surface area (Å²) in [5, 5.41) is 32.5. The zero-order chi connectivity index (χ0) is 34.5. The first-order valence-corrected chi connectivity index (χ1v) is 12.6. The Balaban J connectivity index is -0.000000595. The second-order valence-electron chi connectivity index (χ2n) is 8.38. The first-order valence-electron chi connectivity index (χ1n) is 12.6. The van der Waals surface area contributed by atoms with Gasteiger partial charge in [-0.2, -0.15) is 52.7 Å². The minimum atomic E-state index is -5.15. The molecule has 1 aliphatic rings. The van der Waals surface area contributed by atoms with E-state index >= 15 is 0 Å². The predicted molar refractivity (Wildman–Crippen MR) is 131 cm³/mol. The van der Waals surface area contributed by atoms with Crippen molar-refractivity contribution in [1.29, 1.82) is 0 Å². The molecule has 0 saturated carbocycles. The molecule has 272 valence electrons. The summed E-state index contributed by atoms with van der Waals surface area (Å²) in [6.45, 7) is 7.04. The average Bonchev–Trinajstić information content (AvgIpc) is 2.87. The molecule has 1 fully saturated rings. The van der Waals surface area contributed by atoms with E-state index in [4.69, 9.17) is 48.8 Å². The van der Waals surface area contributed by atoms with Gasteiger partial charge in [0, 0.05) is 12.8 Å². The van der Waals surface area contributed by atoms with Gasteiger partial charge in [-0.25, -0.2) is 0 Å². The van der Waals surface area contributed by atoms with Crippen molar-refractivity contribution >= 4 is 48.9 Å². The van der Waals surface area contributed by atoms with Gasteiger partial charge in [-0.05, 0) is 0 Å². The van der Waals surface area contributed by atoms with Gasteiger partial charge in [0.1, 0.15) is 0 Å². The summed E-state index contributed by atoms with van der Waals surface area (Å²) in [5.41, 5.74) is 0. The van der Waals surface area contributed by atoms with Gasteiger partial charge in [-0.1, -0.05) is 0 Å². The van der Waals surface area contributed by atoms with E-state index in [2.05, 4.69) is 0 Å². The molecule has 45 heavy (non-hydrogen) atoms. The summed E-state index contributed by atoms with van der Waals surface area (Å²) < 4.78 is 170. The first-order chi connectivity index (χ1) is 20.1. The van der Waals surface area contributed by atoms with Crippen molar-refractivity contribution in [2.75, 3.05) is 79.3 Å². The van der Waals surface area contributed by atoms with E-state index in [1.807, 2.05) is 0 Å². The third-order valence-corrected chi connectivity index (χ3v) is 4.64. The normalized spacial score (nSPS) is 20.3. The Hall–Kier alpha value is 0.331. The molecule has 4 N–H and O–H groups in total. The van der Waals surface area contributed by atoms with Crippen LogP contribution in [0.3, 0.4) is 0 Å². The Bertz CT molecular complexity index is 536. The van der Waals surface area contributed by atoms with Crippen molar-refractivity contribution in [3.8, 4) is 0 Å². The third kappa shape index (κ3) is 31.4. The maximum atomic E-state index is 11.5. The van der Waals surface area contributed by atoms with Crippen molar-refractivity contribution in [2.24, 2.45) is 0 Å². The molecule has 0 radical (unpaired) electrons. The number of aliphatic hydroxyl groups excluding tert-OH is 4. The SMILES string of the molecule is C1COCCOCCOCCOCCOCCO1.OC(CC(O)C(F)(F)F)C(F)(F)F.OC(CC(O)C(F)(F)F)C(F)(F)F.[BaH2]. The molecule has 23 heteroatoms. The van der Waals surface area contributed by atoms with Gasteiger partial charge < -0.3 is 48.8 Å². The van der Waals surface area contributed by atoms with Crippen LogP contribution in [0, 0.1) is 0 Å². The molecular weight excluding hydrogens is 790 g/mol. The topological polar surface area (TPSA) is 136 Å². The number of alkyl halides is 12. The number of hydrogen-bond acceptors (Lipinski definition) is 10. The standard InChI is InChI=1S/C12H24O6.2C5H6F6O2.Ba.2H/c1-2-14-5-6-16-9-10-18-12-11-17-8-7-15-4-3-13-1;2*6-4(7,8)2(12)1-3(13)5(9,10)11;;;/h1-12H2;2*2-3,12-13H,1H2;;;. The van der Waals surface area contributed by atoms with Crippen LogP contribution in [0.5, 0.6) is 0 Å². The fourth-order valence-electron chi connectivity index (χ4n) is 2.28. The van der Waals surface area contributed by atoms with Crippen molar-refractivity contribution in [1.82, 2.24) is 0 Å². The molecule has 1 rings (SSSR count). The van der Waals surface area contributed by atoms with Gasteiger partial charge in [0.25, 0.3) is 0 Å². The summed E-state index contributed by atoms with van der Waals surface area (Å²) in [6.07, 6.45) is -36.8. The zero-order valence-corrected chi connectivity index (χ0v) is 23.0. The van der Waals surface area contributed by atoms with E-state index in [9.17, 15) is 52.7 Å². The van der Waals surface area contributed by atoms with Crippen LogP contribution < -0.4 is 0 Å². The van der Waals surface area contributed by atoms with Crippen LogP contribution >= 0.6 is 0 Å². The predicted octanol–water partition coefficient (Wildman–Crippen LogP) is 1.63. The van der Waals surface area contributed by atoms with Crippen molar-refractivity contribution in [3.63, 3.8) is 0 Å². The molecule has 10 nitrogen and oxygen atoms in total. The molecule has 4 unspecified atom stereocenters. The number of halogens is 12. The van der Waals surface area contributed by atoms with Gasteiger partial charge in [0.15, 0.2) is 24.4 Å². The van der Waals surface area contributed by atoms with E-state index in [1.54, 1.807) is 0 Å². The van der Waals surface area contributed by atoms with Gasteiger partial charge in [-0.15, -0.1) is 0 Å². The Kier molecular flexibility index (Phi) is 29.0. The molecule has 0 bridgehead atoms. The van der Waals surface area contributed by atoms with Gasteiger partial charge in [0.2, 0.25) is 0 Å². The monoisotopic (exact) mass is 828 g/mol. The molecule has 4 atom stereocenters. The summed E-state index contributed by atoms with van der Waals surface area (Å²) in [5.74, 6) is 0. The molecular formula is C22H38BaF12O10. The van der Waals surface area contributed by atoms with Gasteiger partial charge in [-0.3, -0.25) is 0 Å². The van der Waals surface area contributed by atoms with E-state index < -0.39 is 62.0 Å². The summed E-state index contributed by atoms with van der Waals surface area (Å²) in [6, 6.07) is 0. The van der Waals surface area contributed by atoms with Crippen molar-refractivity contribution < 1.29 is 102 Å². The van der Waals surface area contributed by atoms with Crippen molar-refractivity contribution in [3.05, 3.63) is 0 Å². The van der Waals surface area contributed by atoms with Crippen LogP contribution in [0.15, 0.2) is 0 Å². The molecule has 1 aliphatic heterocycles. The van der Waals surface area contributed by atoms with Gasteiger partial charge >= 0.3 is 73.6 Å². The molecule has 0 aromatic rings. The van der Waals surface area contributed by atoms with Crippen LogP contribution in [0.1, 0.15) is 12.8 Å². The van der Waals surface area contributed by atoms with E-state index in [0.717, 1.165) is 0 Å². The molecule has 0 amide bonds. The maximum absolute atomic E-state index is 11.5. The Labute approximate surface area is 290 Å². The van der Waals surface area contributed by atoms with Crippen LogP contribution in [0.25, 0.3) is 0 Å². The second-order valence-corrected chi connectivity index (χ2v) is 8.38. The molecule has 0 aromatic carbocycles. The molecule has 1 saturated heterocycles. The van der Waals surface area contributed by atoms with Crippen LogP contribution in [-0.2, 0) is 28.4 Å². The van der Waals surface area contributed by atoms with Crippen LogP contribution in [0.4, 0.5) is 52.7 Å². The zero-order valence-electron chi connectivity index (χ0n) is 23.0. The number of ether oxygens (including phenoxy) is 6. The summed E-state index contributed by atoms with van der Waals surface area (Å²) in [4.78, 5) is 0. The summed E-state index contributed by atoms with van der Waals surface area (Å²) >= 11 is 0. The Morgan fingerprint density at radius 3 is 0.533 bits per heavy atom. The molecule has 1 heterocycles. The Morgan fingerprint density at radius 1 is 0.333 bits per heavy atom. The van der Waals surface area contributed by atoms with Crippen LogP contribution in [-0.4, -0.2) is 198 Å². The number of hydrogen-bond donors (Lipinski definition) is 4. The summed E-state index contributed by atoms with van der Waals surface area (Å²) in [7, 11) is 0. The number of aliphatic hydroxyl groups is 4. The number of rotatable bonds is 4. The first kappa shape index (κ1) is 49.7. The Morgan fingerprint density at radius 2 is 0.444 bits per heavy atom. The average molecular weight is 828 g/mol. The van der Waals surface area contributed by atoms with Crippen molar-refractivity contribution in [2.45, 2.75) is 62.0 Å².